The van der Waals surface area contributed by atoms with Crippen molar-refractivity contribution in [3.8, 4) is 69.0 Å². The second-order valence-electron chi connectivity index (χ2n) is 28.0. The van der Waals surface area contributed by atoms with Crippen molar-refractivity contribution < 1.29 is 61.4 Å². The number of rotatable bonds is 40. The molecule has 0 spiro atoms. The lowest BCUT2D eigenvalue weighted by Crippen LogP contribution is -2.31. The molecule has 14 heteroatoms. The Morgan fingerprint density at radius 2 is 0.339 bits per heavy atom. The lowest BCUT2D eigenvalue weighted by Gasteiger charge is -2.16. The van der Waals surface area contributed by atoms with Crippen molar-refractivity contribution in [3.63, 3.8) is 0 Å². The third-order valence-corrected chi connectivity index (χ3v) is 18.7. The van der Waals surface area contributed by atoms with Crippen LogP contribution in [-0.4, -0.2) is 4.57 Å². The summed E-state index contributed by atoms with van der Waals surface area (Å²) < 4.78 is 83.1. The maximum Gasteiger partial charge on any atom is 0.244 e. The Morgan fingerprint density at radius 1 is 0.174 bits per heavy atom. The molecule has 0 aliphatic carbocycles. The van der Waals surface area contributed by atoms with Crippen LogP contribution in [0, 0.1) is 0 Å². The molecule has 1 heterocycles. The summed E-state index contributed by atoms with van der Waals surface area (Å²) in [6, 6.07) is 117. The quantitative estimate of drug-likeness (QED) is 0.0340. The highest BCUT2D eigenvalue weighted by molar-refractivity contribution is 5.46. The molecule has 0 N–H and O–H groups in total. The van der Waals surface area contributed by atoms with Crippen LogP contribution in [0.5, 0.6) is 69.0 Å². The SMILES string of the molecule is c1ccc(COc2cc(COc3cc(Cn4cc[n+](Cc5cc(OCc6cc(OCc7ccccc7)cc(OCc7ccccc7)c6)cc(OCc6cc(OCc7ccccc7)cc(OCc7ccccc7)c6)c5)c4)cc(OCc4cc(OCc5ccccc5)cc(OCc5ccccc5)c4)c3)cc(OCc3ccccc3)c2)cc1. The minimum atomic E-state index is 0.202. The lowest BCUT2D eigenvalue weighted by molar-refractivity contribution is -0.687. The Labute approximate surface area is 672 Å². The maximum absolute atomic E-state index is 6.83. The van der Waals surface area contributed by atoms with Crippen LogP contribution in [0.3, 0.4) is 0 Å². The van der Waals surface area contributed by atoms with Crippen LogP contribution < -0.4 is 61.4 Å². The minimum Gasteiger partial charge on any atom is -0.489 e. The third kappa shape index (κ3) is 24.2. The van der Waals surface area contributed by atoms with E-state index >= 15 is 0 Å². The van der Waals surface area contributed by atoms with Gasteiger partial charge in [0.15, 0.2) is 0 Å². The molecule has 14 nitrogen and oxygen atoms in total. The van der Waals surface area contributed by atoms with E-state index in [-0.39, 0.29) is 26.4 Å². The van der Waals surface area contributed by atoms with Gasteiger partial charge in [0.05, 0.1) is 0 Å². The van der Waals surface area contributed by atoms with Crippen molar-refractivity contribution in [2.45, 2.75) is 92.4 Å². The molecule has 574 valence electrons. The van der Waals surface area contributed by atoms with Gasteiger partial charge in [-0.2, -0.15) is 0 Å². The van der Waals surface area contributed by atoms with Gasteiger partial charge in [-0.25, -0.2) is 9.13 Å². The molecule has 0 amide bonds. The van der Waals surface area contributed by atoms with E-state index in [1.54, 1.807) is 0 Å². The lowest BCUT2D eigenvalue weighted by atomic mass is 10.1. The fraction of sp³-hybridized carbons (Fsp3) is 0.139. The average Bonchev–Trinajstić information content (AvgIpc) is 1.67. The van der Waals surface area contributed by atoms with E-state index in [4.69, 9.17) is 56.8 Å². The number of hydrogen-bond acceptors (Lipinski definition) is 12. The first-order chi connectivity index (χ1) is 56.8. The molecule has 0 aliphatic rings. The van der Waals surface area contributed by atoms with Gasteiger partial charge in [-0.1, -0.05) is 243 Å². The predicted octanol–water partition coefficient (Wildman–Crippen LogP) is 21.8. The molecule has 1 aromatic heterocycles. The highest BCUT2D eigenvalue weighted by Crippen LogP contribution is 2.34. The Morgan fingerprint density at radius 3 is 0.530 bits per heavy atom. The number of hydrogen-bond donors (Lipinski definition) is 0. The van der Waals surface area contributed by atoms with Crippen molar-refractivity contribution in [2.75, 3.05) is 0 Å². The summed E-state index contributed by atoms with van der Waals surface area (Å²) in [5, 5.41) is 0. The molecule has 15 aromatic rings. The van der Waals surface area contributed by atoms with Crippen LogP contribution in [0.25, 0.3) is 0 Å². The fourth-order valence-corrected chi connectivity index (χ4v) is 12.9. The molecule has 0 aliphatic heterocycles. The Kier molecular flexibility index (Phi) is 26.3. The Balaban J connectivity index is 0.713. The van der Waals surface area contributed by atoms with Gasteiger partial charge in [-0.3, -0.25) is 0 Å². The third-order valence-electron chi connectivity index (χ3n) is 18.7. The molecule has 0 bridgehead atoms. The zero-order valence-corrected chi connectivity index (χ0v) is 63.9. The van der Waals surface area contributed by atoms with Gasteiger partial charge in [0.1, 0.15) is 174 Å². The van der Waals surface area contributed by atoms with E-state index in [0.29, 0.717) is 135 Å². The molecule has 115 heavy (non-hydrogen) atoms. The van der Waals surface area contributed by atoms with E-state index in [0.717, 1.165) is 77.9 Å². The summed E-state index contributed by atoms with van der Waals surface area (Å²) in [5.74, 6) is 7.71. The number of nitrogens with zero attached hydrogens (tertiary/aromatic N) is 2. The predicted molar refractivity (Wildman–Crippen MR) is 445 cm³/mol. The first-order valence-electron chi connectivity index (χ1n) is 38.5. The molecule has 0 unspecified atom stereocenters. The highest BCUT2D eigenvalue weighted by atomic mass is 16.5. The average molecular weight is 1520 g/mol. The van der Waals surface area contributed by atoms with Gasteiger partial charge in [0.25, 0.3) is 0 Å². The molecule has 0 fully saturated rings. The van der Waals surface area contributed by atoms with Crippen LogP contribution in [0.15, 0.2) is 371 Å². The van der Waals surface area contributed by atoms with Gasteiger partial charge < -0.3 is 56.8 Å². The summed E-state index contributed by atoms with van der Waals surface area (Å²) in [5.41, 5.74) is 13.7. The van der Waals surface area contributed by atoms with Crippen molar-refractivity contribution >= 4 is 0 Å². The zero-order chi connectivity index (χ0) is 77.7. The summed E-state index contributed by atoms with van der Waals surface area (Å²) >= 11 is 0. The highest BCUT2D eigenvalue weighted by Gasteiger charge is 2.17. The largest absolute Gasteiger partial charge is 0.489 e. The van der Waals surface area contributed by atoms with Crippen molar-refractivity contribution in [1.29, 1.82) is 0 Å². The zero-order valence-electron chi connectivity index (χ0n) is 63.9. The van der Waals surface area contributed by atoms with Crippen LogP contribution in [-0.2, 0) is 92.4 Å². The standard InChI is InChI=1S/C101H89N2O12/c1-9-25-76(26-10-1)63-104-94-47-86(48-95(57-94)105-64-77-27-11-2-12-28-77)71-112-90-43-84(44-91(55-90)113-72-87-49-96(106-65-78-29-13-3-14-30-78)58-97(50-87)107-66-79-31-15-4-16-32-79)61-102-41-42-103(75-102)62-85-45-92(114-73-88-51-98(108-67-80-33-17-5-18-34-80)59-99(52-88)109-68-81-35-19-6-20-36-81)56-93(46-85)115-74-89-53-100(110-69-82-37-21-7-22-38-82)60-101(54-89)111-70-83-39-23-8-24-40-83/h1-60,75H,61-74H2/q+1. The molecular weight excluding hydrogens is 1430 g/mol. The van der Waals surface area contributed by atoms with E-state index in [1.807, 2.05) is 328 Å². The van der Waals surface area contributed by atoms with E-state index in [1.165, 1.54) is 0 Å². The number of imidazole rings is 1. The van der Waals surface area contributed by atoms with Gasteiger partial charge >= 0.3 is 0 Å². The first kappa shape index (κ1) is 76.3. The molecule has 0 saturated heterocycles. The van der Waals surface area contributed by atoms with Gasteiger partial charge in [-0.15, -0.1) is 0 Å². The summed E-state index contributed by atoms with van der Waals surface area (Å²) in [6.45, 7) is 4.82. The summed E-state index contributed by atoms with van der Waals surface area (Å²) in [6.07, 6.45) is 6.22. The Hall–Kier alpha value is -14.1. The van der Waals surface area contributed by atoms with Crippen LogP contribution in [0.4, 0.5) is 0 Å². The minimum absolute atomic E-state index is 0.202. The van der Waals surface area contributed by atoms with Crippen molar-refractivity contribution in [2.24, 2.45) is 0 Å². The first-order valence-corrected chi connectivity index (χ1v) is 38.5. The topological polar surface area (TPSA) is 120 Å². The molecule has 0 atom stereocenters. The van der Waals surface area contributed by atoms with Crippen LogP contribution >= 0.6 is 0 Å². The maximum atomic E-state index is 6.83. The molecular formula is C101H89N2O12+. The summed E-state index contributed by atoms with van der Waals surface area (Å²) in [7, 11) is 0. The van der Waals surface area contributed by atoms with Crippen molar-refractivity contribution in [3.05, 3.63) is 448 Å². The van der Waals surface area contributed by atoms with Crippen LogP contribution in [0.2, 0.25) is 0 Å². The molecule has 0 radical (unpaired) electrons. The smallest absolute Gasteiger partial charge is 0.244 e. The Bertz CT molecular complexity index is 4610. The molecule has 15 rings (SSSR count). The number of ether oxygens (including phenoxy) is 12. The van der Waals surface area contributed by atoms with E-state index < -0.39 is 0 Å². The monoisotopic (exact) mass is 1520 g/mol. The van der Waals surface area contributed by atoms with Gasteiger partial charge in [-0.05, 0) is 140 Å². The number of aromatic nitrogens is 2. The second-order valence-corrected chi connectivity index (χ2v) is 28.0. The number of benzene rings is 14. The molecule has 14 aromatic carbocycles. The molecule has 0 saturated carbocycles. The van der Waals surface area contributed by atoms with E-state index in [2.05, 4.69) is 52.1 Å². The van der Waals surface area contributed by atoms with Gasteiger partial charge in [0.2, 0.25) is 6.33 Å². The normalized spacial score (nSPS) is 10.9. The fourth-order valence-electron chi connectivity index (χ4n) is 12.9. The summed E-state index contributed by atoms with van der Waals surface area (Å²) in [4.78, 5) is 0. The van der Waals surface area contributed by atoms with E-state index in [9.17, 15) is 0 Å². The second kappa shape index (κ2) is 39.7. The van der Waals surface area contributed by atoms with Crippen LogP contribution in [0.1, 0.15) is 77.9 Å². The van der Waals surface area contributed by atoms with Crippen molar-refractivity contribution in [1.82, 2.24) is 4.57 Å². The van der Waals surface area contributed by atoms with Gasteiger partial charge in [0, 0.05) is 47.5 Å².